The van der Waals surface area contributed by atoms with Gasteiger partial charge in [0.05, 0.1) is 0 Å². The van der Waals surface area contributed by atoms with Crippen LogP contribution in [0.3, 0.4) is 0 Å². The van der Waals surface area contributed by atoms with Crippen LogP contribution in [0.15, 0.2) is 0 Å². The van der Waals surface area contributed by atoms with Crippen LogP contribution in [0.4, 0.5) is 35.1 Å². The van der Waals surface area contributed by atoms with E-state index in [1.807, 2.05) is 0 Å². The van der Waals surface area contributed by atoms with Crippen LogP contribution < -0.4 is 0 Å². The summed E-state index contributed by atoms with van der Waals surface area (Å²) in [6, 6.07) is -5.89. The molecule has 0 aromatic rings. The first-order chi connectivity index (χ1) is 6.31. The predicted octanol–water partition coefficient (Wildman–Crippen LogP) is 1.47. The number of aliphatic hydroxyl groups is 2. The van der Waals surface area contributed by atoms with E-state index in [9.17, 15) is 35.1 Å². The number of hydrogen-bond donors (Lipinski definition) is 2. The Morgan fingerprint density at radius 1 is 0.733 bits per heavy atom. The third-order valence-electron chi connectivity index (χ3n) is 1.42. The Balaban J connectivity index is 5.38. The van der Waals surface area contributed by atoms with Gasteiger partial charge in [-0.25, -0.2) is 4.39 Å². The van der Waals surface area contributed by atoms with Gasteiger partial charge in [0.2, 0.25) is 0 Å². The second-order valence-electron chi connectivity index (χ2n) is 2.57. The second-order valence-corrected chi connectivity index (χ2v) is 2.57. The first kappa shape index (κ1) is 14.4. The van der Waals surface area contributed by atoms with Crippen molar-refractivity contribution in [2.75, 3.05) is 6.67 Å². The van der Waals surface area contributed by atoms with E-state index in [4.69, 9.17) is 10.2 Å². The van der Waals surface area contributed by atoms with Crippen LogP contribution >= 0.6 is 0 Å². The number of rotatable bonds is 4. The molecule has 0 rings (SSSR count). The first-order valence-electron chi connectivity index (χ1n) is 3.14. The first-order valence-corrected chi connectivity index (χ1v) is 3.14. The molecule has 0 spiro atoms. The van der Waals surface area contributed by atoms with Crippen LogP contribution in [0, 0.1) is 0 Å². The van der Waals surface area contributed by atoms with E-state index in [0.717, 1.165) is 0 Å². The molecule has 2 nitrogen and oxygen atoms in total. The zero-order valence-corrected chi connectivity index (χ0v) is 6.63. The van der Waals surface area contributed by atoms with Gasteiger partial charge in [-0.15, -0.1) is 0 Å². The molecule has 0 unspecified atom stereocenters. The Morgan fingerprint density at radius 2 is 1.07 bits per heavy atom. The average Bonchev–Trinajstić information content (AvgIpc) is 2.01. The molecule has 0 amide bonds. The van der Waals surface area contributed by atoms with Gasteiger partial charge in [0.15, 0.2) is 6.67 Å². The summed E-state index contributed by atoms with van der Waals surface area (Å²) in [5, 5.41) is 15.1. The minimum Gasteiger partial charge on any atom is -0.335 e. The number of alkyl halides is 8. The average molecular weight is 248 g/mol. The van der Waals surface area contributed by atoms with Crippen LogP contribution in [0.1, 0.15) is 0 Å². The van der Waals surface area contributed by atoms with Crippen molar-refractivity contribution in [2.45, 2.75) is 23.8 Å². The van der Waals surface area contributed by atoms with Crippen molar-refractivity contribution in [3.8, 4) is 0 Å². The summed E-state index contributed by atoms with van der Waals surface area (Å²) >= 11 is 0. The van der Waals surface area contributed by atoms with Gasteiger partial charge in [-0.3, -0.25) is 0 Å². The molecule has 92 valence electrons. The zero-order valence-electron chi connectivity index (χ0n) is 6.63. The minimum atomic E-state index is -6.59. The smallest absolute Gasteiger partial charge is 0.335 e. The Hall–Kier alpha value is -0.640. The van der Waals surface area contributed by atoms with Crippen LogP contribution in [0.25, 0.3) is 0 Å². The van der Waals surface area contributed by atoms with Crippen molar-refractivity contribution in [2.24, 2.45) is 0 Å². The van der Waals surface area contributed by atoms with E-state index >= 15 is 0 Å². The molecule has 0 saturated heterocycles. The molecule has 15 heavy (non-hydrogen) atoms. The van der Waals surface area contributed by atoms with Gasteiger partial charge in [0.1, 0.15) is 0 Å². The third-order valence-corrected chi connectivity index (χ3v) is 1.42. The lowest BCUT2D eigenvalue weighted by molar-refractivity contribution is -0.440. The molecule has 0 aromatic heterocycles. The molecule has 2 N–H and O–H groups in total. The molecular weight excluding hydrogens is 244 g/mol. The Labute approximate surface area is 77.1 Å². The standard InChI is InChI=1S/C5H4F8O2/c6-1-2(7,8)3(9,10)4(11,12)5(13,14)15/h14-15H,1H2. The van der Waals surface area contributed by atoms with Gasteiger partial charge in [0, 0.05) is 0 Å². The summed E-state index contributed by atoms with van der Waals surface area (Å²) in [5.74, 6) is -19.1. The molecular formula is C5H4F8O2. The molecule has 0 saturated carbocycles. The fraction of sp³-hybridized carbons (Fsp3) is 1.00. The van der Waals surface area contributed by atoms with E-state index in [-0.39, 0.29) is 0 Å². The van der Waals surface area contributed by atoms with Crippen molar-refractivity contribution >= 4 is 0 Å². The fourth-order valence-corrected chi connectivity index (χ4v) is 0.513. The largest absolute Gasteiger partial charge is 0.399 e. The summed E-state index contributed by atoms with van der Waals surface area (Å²) in [5.41, 5.74) is 0. The maximum Gasteiger partial charge on any atom is 0.399 e. The topological polar surface area (TPSA) is 40.5 Å². The van der Waals surface area contributed by atoms with Crippen LogP contribution in [0.2, 0.25) is 0 Å². The molecule has 0 bridgehead atoms. The van der Waals surface area contributed by atoms with Gasteiger partial charge in [-0.2, -0.15) is 30.7 Å². The van der Waals surface area contributed by atoms with Crippen molar-refractivity contribution in [3.05, 3.63) is 0 Å². The van der Waals surface area contributed by atoms with Gasteiger partial charge < -0.3 is 10.2 Å². The Morgan fingerprint density at radius 3 is 1.27 bits per heavy atom. The van der Waals surface area contributed by atoms with E-state index in [1.165, 1.54) is 0 Å². The Bertz CT molecular complexity index is 232. The molecule has 0 aliphatic rings. The zero-order chi connectivity index (χ0) is 12.7. The highest BCUT2D eigenvalue weighted by molar-refractivity contribution is 4.99. The minimum absolute atomic E-state index is 3.22. The second kappa shape index (κ2) is 3.44. The Kier molecular flexibility index (Phi) is 3.29. The maximum atomic E-state index is 12.2. The highest BCUT2D eigenvalue weighted by atomic mass is 19.4. The van der Waals surface area contributed by atoms with E-state index in [1.54, 1.807) is 0 Å². The summed E-state index contributed by atoms with van der Waals surface area (Å²) in [4.78, 5) is 0. The van der Waals surface area contributed by atoms with Crippen LogP contribution in [0.5, 0.6) is 0 Å². The quantitative estimate of drug-likeness (QED) is 0.584. The predicted molar refractivity (Wildman–Crippen MR) is 29.1 cm³/mol. The molecule has 0 aliphatic carbocycles. The summed E-state index contributed by atoms with van der Waals surface area (Å²) in [7, 11) is 0. The third kappa shape index (κ3) is 2.00. The van der Waals surface area contributed by atoms with Crippen molar-refractivity contribution in [1.82, 2.24) is 0 Å². The molecule has 0 aromatic carbocycles. The monoisotopic (exact) mass is 248 g/mol. The van der Waals surface area contributed by atoms with Crippen molar-refractivity contribution < 1.29 is 45.3 Å². The molecule has 0 heterocycles. The van der Waals surface area contributed by atoms with Gasteiger partial charge in [0.25, 0.3) is 0 Å². The van der Waals surface area contributed by atoms with Gasteiger partial charge in [-0.05, 0) is 0 Å². The maximum absolute atomic E-state index is 12.2. The van der Waals surface area contributed by atoms with E-state index in [0.29, 0.717) is 0 Å². The molecule has 0 aliphatic heterocycles. The molecule has 0 radical (unpaired) electrons. The van der Waals surface area contributed by atoms with Gasteiger partial charge >= 0.3 is 23.8 Å². The molecule has 10 heteroatoms. The van der Waals surface area contributed by atoms with E-state index in [2.05, 4.69) is 0 Å². The van der Waals surface area contributed by atoms with E-state index < -0.39 is 30.5 Å². The van der Waals surface area contributed by atoms with Gasteiger partial charge in [-0.1, -0.05) is 0 Å². The fourth-order valence-electron chi connectivity index (χ4n) is 0.513. The lowest BCUT2D eigenvalue weighted by atomic mass is 10.0. The number of halogens is 8. The highest BCUT2D eigenvalue weighted by Gasteiger charge is 2.79. The SMILES string of the molecule is OC(O)(F)C(F)(F)C(F)(F)C(F)(F)CF. The van der Waals surface area contributed by atoms with Crippen molar-refractivity contribution in [1.29, 1.82) is 0 Å². The highest BCUT2D eigenvalue weighted by Crippen LogP contribution is 2.50. The summed E-state index contributed by atoms with van der Waals surface area (Å²) in [6.07, 6.45) is 0. The van der Waals surface area contributed by atoms with Crippen molar-refractivity contribution in [3.63, 3.8) is 0 Å². The summed E-state index contributed by atoms with van der Waals surface area (Å²) in [6.45, 7) is -3.22. The lowest BCUT2D eigenvalue weighted by Crippen LogP contribution is -2.64. The molecule has 0 fully saturated rings. The number of hydrogen-bond acceptors (Lipinski definition) is 2. The summed E-state index contributed by atoms with van der Waals surface area (Å²) < 4.78 is 95.6. The normalized spacial score (nSPS) is 15.6. The van der Waals surface area contributed by atoms with Crippen LogP contribution in [-0.4, -0.2) is 40.7 Å². The van der Waals surface area contributed by atoms with Crippen LogP contribution in [-0.2, 0) is 0 Å². The lowest BCUT2D eigenvalue weighted by Gasteiger charge is -2.34. The molecule has 0 atom stereocenters.